The van der Waals surface area contributed by atoms with Crippen molar-refractivity contribution in [1.82, 2.24) is 26.2 Å². The van der Waals surface area contributed by atoms with Gasteiger partial charge in [0.05, 0.1) is 25.1 Å². The first-order chi connectivity index (χ1) is 15.1. The Morgan fingerprint density at radius 2 is 1.81 bits per heavy atom. The van der Waals surface area contributed by atoms with Gasteiger partial charge in [-0.3, -0.25) is 25.2 Å². The normalized spacial score (nSPS) is 26.3. The topological polar surface area (TPSA) is 103 Å². The molecule has 2 aromatic carbocycles. The lowest BCUT2D eigenvalue weighted by molar-refractivity contribution is -0.181. The van der Waals surface area contributed by atoms with Crippen LogP contribution in [0, 0.1) is 0 Å². The lowest BCUT2D eigenvalue weighted by atomic mass is 9.80. The van der Waals surface area contributed by atoms with Crippen molar-refractivity contribution >= 4 is 17.7 Å². The van der Waals surface area contributed by atoms with E-state index in [-0.39, 0.29) is 30.5 Å². The summed E-state index contributed by atoms with van der Waals surface area (Å²) in [6, 6.07) is 16.3. The van der Waals surface area contributed by atoms with E-state index in [9.17, 15) is 14.4 Å². The average molecular weight is 421 g/mol. The van der Waals surface area contributed by atoms with E-state index < -0.39 is 12.0 Å². The van der Waals surface area contributed by atoms with Crippen LogP contribution in [0.1, 0.15) is 33.4 Å². The van der Waals surface area contributed by atoms with Crippen LogP contribution in [-0.4, -0.2) is 60.2 Å². The minimum atomic E-state index is -0.582. The number of benzene rings is 2. The highest BCUT2D eigenvalue weighted by Crippen LogP contribution is 2.37. The number of fused-ring (bicyclic) bond motifs is 1. The van der Waals surface area contributed by atoms with Crippen molar-refractivity contribution in [2.24, 2.45) is 0 Å². The van der Waals surface area contributed by atoms with Gasteiger partial charge in [-0.2, -0.15) is 5.01 Å². The lowest BCUT2D eigenvalue weighted by Crippen LogP contribution is -2.68. The highest BCUT2D eigenvalue weighted by atomic mass is 16.5. The predicted molar refractivity (Wildman–Crippen MR) is 110 cm³/mol. The maximum atomic E-state index is 13.5. The Bertz CT molecular complexity index is 1010. The quantitative estimate of drug-likeness (QED) is 0.656. The molecule has 0 radical (unpaired) electrons. The molecule has 9 nitrogen and oxygen atoms in total. The molecule has 3 N–H and O–H groups in total. The zero-order valence-electron chi connectivity index (χ0n) is 16.8. The van der Waals surface area contributed by atoms with Crippen molar-refractivity contribution in [3.05, 3.63) is 71.3 Å². The summed E-state index contributed by atoms with van der Waals surface area (Å²) in [4.78, 5) is 37.4. The molecular weight excluding hydrogens is 398 g/mol. The number of nitrogens with one attached hydrogen (secondary N) is 3. The fourth-order valence-corrected chi connectivity index (χ4v) is 4.30. The van der Waals surface area contributed by atoms with Crippen molar-refractivity contribution in [2.45, 2.75) is 18.2 Å². The van der Waals surface area contributed by atoms with E-state index in [1.807, 2.05) is 47.5 Å². The highest BCUT2D eigenvalue weighted by molar-refractivity contribution is 6.01. The second-order valence-corrected chi connectivity index (χ2v) is 7.84. The first kappa shape index (κ1) is 19.7. The van der Waals surface area contributed by atoms with Gasteiger partial charge in [0.1, 0.15) is 12.8 Å². The van der Waals surface area contributed by atoms with Crippen LogP contribution in [0.5, 0.6) is 0 Å². The first-order valence-electron chi connectivity index (χ1n) is 10.3. The number of amides is 3. The molecule has 9 heteroatoms. The van der Waals surface area contributed by atoms with Gasteiger partial charge in [-0.1, -0.05) is 48.5 Å². The molecule has 3 atom stereocenters. The molecule has 2 fully saturated rings. The Balaban J connectivity index is 1.39. The minimum absolute atomic E-state index is 0.0509. The average Bonchev–Trinajstić information content (AvgIpc) is 2.77. The second kappa shape index (κ2) is 8.10. The summed E-state index contributed by atoms with van der Waals surface area (Å²) in [5.74, 6) is -1.02. The Labute approximate surface area is 179 Å². The molecule has 0 spiro atoms. The number of hydrazine groups is 2. The van der Waals surface area contributed by atoms with Crippen LogP contribution in [0.3, 0.4) is 0 Å². The number of hydrogen-bond acceptors (Lipinski definition) is 6. The van der Waals surface area contributed by atoms with E-state index in [0.29, 0.717) is 30.8 Å². The Hall–Kier alpha value is -3.27. The van der Waals surface area contributed by atoms with Crippen LogP contribution in [0.4, 0.5) is 0 Å². The van der Waals surface area contributed by atoms with Gasteiger partial charge in [0.15, 0.2) is 0 Å². The van der Waals surface area contributed by atoms with E-state index in [0.717, 1.165) is 5.56 Å². The number of ether oxygens (including phenoxy) is 1. The Kier molecular flexibility index (Phi) is 5.14. The summed E-state index contributed by atoms with van der Waals surface area (Å²) >= 11 is 0. The smallest absolute Gasteiger partial charge is 0.252 e. The van der Waals surface area contributed by atoms with Crippen LogP contribution in [0.25, 0.3) is 0 Å². The zero-order valence-corrected chi connectivity index (χ0v) is 16.8. The second-order valence-electron chi connectivity index (χ2n) is 7.84. The molecule has 3 unspecified atom stereocenters. The largest absolute Gasteiger partial charge is 0.359 e. The number of carbonyl (C=O) groups is 3. The van der Waals surface area contributed by atoms with E-state index in [1.165, 1.54) is 0 Å². The molecule has 5 rings (SSSR count). The predicted octanol–water partition coefficient (Wildman–Crippen LogP) is 0.291. The van der Waals surface area contributed by atoms with Crippen LogP contribution in [-0.2, 0) is 14.3 Å². The van der Waals surface area contributed by atoms with Gasteiger partial charge in [-0.25, -0.2) is 5.01 Å². The highest BCUT2D eigenvalue weighted by Gasteiger charge is 2.40. The van der Waals surface area contributed by atoms with Crippen molar-refractivity contribution in [3.8, 4) is 0 Å². The summed E-state index contributed by atoms with van der Waals surface area (Å²) in [6.45, 7) is 1.66. The molecular formula is C22H23N5O4. The zero-order chi connectivity index (χ0) is 21.4. The van der Waals surface area contributed by atoms with E-state index >= 15 is 0 Å². The third-order valence-electron chi connectivity index (χ3n) is 5.85. The fourth-order valence-electron chi connectivity index (χ4n) is 4.30. The van der Waals surface area contributed by atoms with Gasteiger partial charge >= 0.3 is 0 Å². The maximum Gasteiger partial charge on any atom is 0.252 e. The van der Waals surface area contributed by atoms with Crippen LogP contribution in [0.15, 0.2) is 54.6 Å². The molecule has 0 bridgehead atoms. The number of nitrogens with zero attached hydrogens (tertiary/aromatic N) is 2. The molecule has 0 aliphatic carbocycles. The van der Waals surface area contributed by atoms with E-state index in [4.69, 9.17) is 4.74 Å². The third kappa shape index (κ3) is 3.78. The van der Waals surface area contributed by atoms with Crippen LogP contribution >= 0.6 is 0 Å². The molecule has 160 valence electrons. The van der Waals surface area contributed by atoms with Gasteiger partial charge in [-0.05, 0) is 17.2 Å². The lowest BCUT2D eigenvalue weighted by Gasteiger charge is -2.43. The molecule has 0 saturated carbocycles. The number of rotatable bonds is 4. The van der Waals surface area contributed by atoms with Crippen molar-refractivity contribution in [2.75, 3.05) is 26.2 Å². The van der Waals surface area contributed by atoms with Crippen LogP contribution < -0.4 is 16.2 Å². The maximum absolute atomic E-state index is 13.5. The number of morpholine rings is 1. The minimum Gasteiger partial charge on any atom is -0.359 e. The summed E-state index contributed by atoms with van der Waals surface area (Å²) < 4.78 is 5.71. The summed E-state index contributed by atoms with van der Waals surface area (Å²) in [6.07, 6.45) is -0.324. The first-order valence-corrected chi connectivity index (χ1v) is 10.3. The van der Waals surface area contributed by atoms with Gasteiger partial charge in [-0.15, -0.1) is 0 Å². The number of carbonyl (C=O) groups excluding carboxylic acids is 3. The Morgan fingerprint density at radius 1 is 1.06 bits per heavy atom. The van der Waals surface area contributed by atoms with Gasteiger partial charge < -0.3 is 10.1 Å². The third-order valence-corrected chi connectivity index (χ3v) is 5.85. The van der Waals surface area contributed by atoms with Gasteiger partial charge in [0, 0.05) is 12.1 Å². The van der Waals surface area contributed by atoms with Gasteiger partial charge in [0.25, 0.3) is 11.8 Å². The summed E-state index contributed by atoms with van der Waals surface area (Å²) in [5.41, 5.74) is 7.78. The Morgan fingerprint density at radius 3 is 2.58 bits per heavy atom. The molecule has 31 heavy (non-hydrogen) atoms. The summed E-state index contributed by atoms with van der Waals surface area (Å²) in [7, 11) is 0. The SMILES string of the molecule is O=C1CN(C2CN(NC(=O)C3c4ccccc4C(=O)NC3c3ccccc3)CCO2)N1. The van der Waals surface area contributed by atoms with E-state index in [2.05, 4.69) is 16.2 Å². The molecule has 2 saturated heterocycles. The van der Waals surface area contributed by atoms with Crippen LogP contribution in [0.2, 0.25) is 0 Å². The molecule has 3 amide bonds. The molecule has 2 aromatic rings. The van der Waals surface area contributed by atoms with Crippen molar-refractivity contribution in [3.63, 3.8) is 0 Å². The standard InChI is InChI=1S/C22H23N5O4/c28-17-12-27(24-17)18-13-26(10-11-31-18)25-22(30)19-15-8-4-5-9-16(15)21(29)23-20(19)14-6-2-1-3-7-14/h1-9,18-20H,10-13H2,(H,23,29)(H,24,28)(H,25,30). The van der Waals surface area contributed by atoms with Crippen molar-refractivity contribution < 1.29 is 19.1 Å². The molecule has 3 heterocycles. The summed E-state index contributed by atoms with van der Waals surface area (Å²) in [5, 5.41) is 6.53. The van der Waals surface area contributed by atoms with Gasteiger partial charge in [0.2, 0.25) is 5.91 Å². The monoisotopic (exact) mass is 421 g/mol. The van der Waals surface area contributed by atoms with E-state index in [1.54, 1.807) is 17.1 Å². The molecule has 0 aromatic heterocycles. The number of hydrogen-bond donors (Lipinski definition) is 3. The molecule has 3 aliphatic heterocycles. The fraction of sp³-hybridized carbons (Fsp3) is 0.318. The molecule has 3 aliphatic rings. The van der Waals surface area contributed by atoms with Crippen molar-refractivity contribution in [1.29, 1.82) is 0 Å².